The van der Waals surface area contributed by atoms with E-state index in [1.54, 1.807) is 17.2 Å². The average molecular weight is 495 g/mol. The molecule has 0 unspecified atom stereocenters. The molecule has 2 fully saturated rings. The zero-order valence-electron chi connectivity index (χ0n) is 20.9. The van der Waals surface area contributed by atoms with Crippen molar-refractivity contribution in [1.29, 1.82) is 0 Å². The number of pyridine rings is 1. The topological polar surface area (TPSA) is 79.7 Å². The fourth-order valence-electron chi connectivity index (χ4n) is 4.66. The predicted octanol–water partition coefficient (Wildman–Crippen LogP) is 6.01. The number of nitrogens with zero attached hydrogens (tertiary/aromatic N) is 2. The van der Waals surface area contributed by atoms with Crippen molar-refractivity contribution in [1.82, 2.24) is 4.98 Å². The molecule has 186 valence electrons. The van der Waals surface area contributed by atoms with Crippen LogP contribution in [-0.2, 0) is 4.79 Å². The number of amides is 1. The summed E-state index contributed by atoms with van der Waals surface area (Å²) in [6.45, 7) is 8.28. The van der Waals surface area contributed by atoms with Gasteiger partial charge in [0.05, 0.1) is 10.6 Å². The van der Waals surface area contributed by atoms with Crippen molar-refractivity contribution in [2.45, 2.75) is 78.4 Å². The fraction of sp³-hybridized carbons (Fsp3) is 0.536. The Bertz CT molecular complexity index is 1110. The number of anilines is 1. The summed E-state index contributed by atoms with van der Waals surface area (Å²) in [5, 5.41) is 9.99. The minimum atomic E-state index is -1.02. The number of aromatic carboxylic acids is 1. The summed E-state index contributed by atoms with van der Waals surface area (Å²) in [4.78, 5) is 32.9. The van der Waals surface area contributed by atoms with Crippen molar-refractivity contribution in [3.63, 3.8) is 0 Å². The summed E-state index contributed by atoms with van der Waals surface area (Å²) in [5.41, 5.74) is 0.275. The summed E-state index contributed by atoms with van der Waals surface area (Å²) in [7, 11) is 0. The highest BCUT2D eigenvalue weighted by Gasteiger charge is 2.42. The number of carboxylic acids is 1. The number of hydrogen-bond acceptors (Lipinski definition) is 5. The Labute approximate surface area is 211 Å². The molecule has 2 aliphatic carbocycles. The van der Waals surface area contributed by atoms with Crippen LogP contribution in [0.15, 0.2) is 30.5 Å². The van der Waals surface area contributed by atoms with Crippen molar-refractivity contribution < 1.29 is 19.4 Å². The molecule has 7 heteroatoms. The van der Waals surface area contributed by atoms with Crippen molar-refractivity contribution in [3.8, 4) is 17.7 Å². The fourth-order valence-corrected chi connectivity index (χ4v) is 5.50. The Kier molecular flexibility index (Phi) is 7.51. The predicted molar refractivity (Wildman–Crippen MR) is 138 cm³/mol. The molecule has 0 spiro atoms. The minimum Gasteiger partial charge on any atom is -0.477 e. The Morgan fingerprint density at radius 3 is 2.49 bits per heavy atom. The highest BCUT2D eigenvalue weighted by Crippen LogP contribution is 2.40. The van der Waals surface area contributed by atoms with Gasteiger partial charge < -0.3 is 14.7 Å². The van der Waals surface area contributed by atoms with Crippen LogP contribution in [0.5, 0.6) is 5.88 Å². The Balaban J connectivity index is 1.61. The molecule has 0 atom stereocenters. The molecule has 0 saturated heterocycles. The number of hydrogen-bond donors (Lipinski definition) is 1. The van der Waals surface area contributed by atoms with Crippen LogP contribution < -0.4 is 9.64 Å². The molecule has 2 saturated carbocycles. The summed E-state index contributed by atoms with van der Waals surface area (Å²) >= 11 is 1.15. The second-order valence-corrected chi connectivity index (χ2v) is 11.9. The van der Waals surface area contributed by atoms with E-state index in [-0.39, 0.29) is 34.3 Å². The number of carbonyl (C=O) groups is 2. The third kappa shape index (κ3) is 6.24. The van der Waals surface area contributed by atoms with E-state index >= 15 is 0 Å². The molecule has 0 radical (unpaired) electrons. The van der Waals surface area contributed by atoms with E-state index in [1.165, 1.54) is 0 Å². The van der Waals surface area contributed by atoms with Crippen molar-refractivity contribution >= 4 is 28.9 Å². The molecule has 0 bridgehead atoms. The quantitative estimate of drug-likeness (QED) is 0.498. The van der Waals surface area contributed by atoms with E-state index in [0.717, 1.165) is 37.0 Å². The maximum absolute atomic E-state index is 13.9. The van der Waals surface area contributed by atoms with Crippen LogP contribution in [0.2, 0.25) is 0 Å². The van der Waals surface area contributed by atoms with Gasteiger partial charge in [-0.3, -0.25) is 4.79 Å². The Hall–Kier alpha value is -2.85. The van der Waals surface area contributed by atoms with E-state index in [2.05, 4.69) is 23.7 Å². The van der Waals surface area contributed by atoms with Crippen LogP contribution in [0.1, 0.15) is 80.8 Å². The van der Waals surface area contributed by atoms with Gasteiger partial charge in [0.1, 0.15) is 11.0 Å². The first-order chi connectivity index (χ1) is 16.6. The zero-order valence-corrected chi connectivity index (χ0v) is 21.7. The van der Waals surface area contributed by atoms with Crippen LogP contribution in [0, 0.1) is 29.1 Å². The highest BCUT2D eigenvalue weighted by atomic mass is 32.1. The van der Waals surface area contributed by atoms with E-state index in [9.17, 15) is 14.7 Å². The molecule has 4 rings (SSSR count). The van der Waals surface area contributed by atoms with Gasteiger partial charge in [0.2, 0.25) is 11.8 Å². The van der Waals surface area contributed by atoms with E-state index in [4.69, 9.17) is 4.74 Å². The van der Waals surface area contributed by atoms with Crippen LogP contribution in [0.3, 0.4) is 0 Å². The molecule has 2 aliphatic rings. The van der Waals surface area contributed by atoms with Gasteiger partial charge in [-0.2, -0.15) is 0 Å². The molecule has 2 aromatic heterocycles. The second kappa shape index (κ2) is 10.4. The van der Waals surface area contributed by atoms with Gasteiger partial charge in [-0.05, 0) is 64.5 Å². The molecule has 0 aliphatic heterocycles. The zero-order chi connectivity index (χ0) is 25.2. The molecule has 2 aromatic rings. The van der Waals surface area contributed by atoms with E-state index < -0.39 is 5.97 Å². The smallest absolute Gasteiger partial charge is 0.348 e. The average Bonchev–Trinajstić information content (AvgIpc) is 3.21. The van der Waals surface area contributed by atoms with Gasteiger partial charge in [0.15, 0.2) is 0 Å². The van der Waals surface area contributed by atoms with Crippen molar-refractivity contribution in [2.75, 3.05) is 4.90 Å². The third-order valence-corrected chi connectivity index (χ3v) is 7.72. The van der Waals surface area contributed by atoms with Gasteiger partial charge in [0.25, 0.3) is 0 Å². The molecule has 0 aromatic carbocycles. The van der Waals surface area contributed by atoms with Gasteiger partial charge in [-0.1, -0.05) is 24.8 Å². The summed E-state index contributed by atoms with van der Waals surface area (Å²) in [6.07, 6.45) is 6.67. The number of carbonyl (C=O) groups excluding carboxylic acids is 1. The maximum atomic E-state index is 13.9. The van der Waals surface area contributed by atoms with Crippen molar-refractivity contribution in [3.05, 3.63) is 40.2 Å². The number of ether oxygens (including phenoxy) is 1. The third-order valence-electron chi connectivity index (χ3n) is 6.69. The first-order valence-corrected chi connectivity index (χ1v) is 13.2. The number of aromatic nitrogens is 1. The Morgan fingerprint density at radius 2 is 1.89 bits per heavy atom. The largest absolute Gasteiger partial charge is 0.477 e. The van der Waals surface area contributed by atoms with Gasteiger partial charge >= 0.3 is 5.97 Å². The van der Waals surface area contributed by atoms with Crippen LogP contribution in [-0.4, -0.2) is 34.1 Å². The van der Waals surface area contributed by atoms with Gasteiger partial charge in [-0.25, -0.2) is 9.78 Å². The summed E-state index contributed by atoms with van der Waals surface area (Å²) in [6, 6.07) is 7.23. The highest BCUT2D eigenvalue weighted by molar-refractivity contribution is 7.15. The molecule has 6 nitrogen and oxygen atoms in total. The summed E-state index contributed by atoms with van der Waals surface area (Å²) < 4.78 is 5.98. The van der Waals surface area contributed by atoms with Gasteiger partial charge in [-0.15, -0.1) is 11.3 Å². The lowest BCUT2D eigenvalue weighted by molar-refractivity contribution is -0.124. The second-order valence-electron chi connectivity index (χ2n) is 10.8. The number of carboxylic acid groups (broad SMARTS) is 1. The lowest BCUT2D eigenvalue weighted by Crippen LogP contribution is -2.54. The lowest BCUT2D eigenvalue weighted by Gasteiger charge is -2.44. The molecular weight excluding hydrogens is 460 g/mol. The molecule has 1 N–H and O–H groups in total. The van der Waals surface area contributed by atoms with Crippen molar-refractivity contribution in [2.24, 2.45) is 17.3 Å². The van der Waals surface area contributed by atoms with E-state index in [1.807, 2.05) is 39.0 Å². The molecule has 2 heterocycles. The minimum absolute atomic E-state index is 0.0359. The Morgan fingerprint density at radius 1 is 1.17 bits per heavy atom. The maximum Gasteiger partial charge on any atom is 0.348 e. The number of thiophene rings is 1. The number of rotatable bonds is 6. The normalized spacial score (nSPS) is 24.0. The SMILES string of the molecule is CC1CCC(C(=O)N(c2cc(C#CC(C)(C)C)sc2C(=O)O)C2CC(Oc3ccccn3)C2)CC1. The molecule has 1 amide bonds. The van der Waals surface area contributed by atoms with E-state index in [0.29, 0.717) is 35.2 Å². The standard InChI is InChI=1S/C28H34N2O4S/c1-18-8-10-19(11-9-18)26(31)30(20-15-21(16-20)34-24-7-5-6-14-29-24)23-17-22(12-13-28(2,3)4)35-25(23)27(32)33/h5-7,14,17-21H,8-11,15-16H2,1-4H3,(H,32,33). The van der Waals surface area contributed by atoms with Gasteiger partial charge in [0, 0.05) is 42.5 Å². The van der Waals surface area contributed by atoms with Crippen LogP contribution in [0.4, 0.5) is 5.69 Å². The van der Waals surface area contributed by atoms with Crippen LogP contribution >= 0.6 is 11.3 Å². The van der Waals surface area contributed by atoms with Crippen LogP contribution in [0.25, 0.3) is 0 Å². The first kappa shape index (κ1) is 25.2. The summed E-state index contributed by atoms with van der Waals surface area (Å²) in [5.74, 6) is 6.44. The lowest BCUT2D eigenvalue weighted by atomic mass is 9.80. The molecule has 35 heavy (non-hydrogen) atoms. The molecular formula is C28H34N2O4S. The monoisotopic (exact) mass is 494 g/mol. The first-order valence-electron chi connectivity index (χ1n) is 12.4.